The third-order valence-corrected chi connectivity index (χ3v) is 3.79. The van der Waals surface area contributed by atoms with E-state index in [1.807, 2.05) is 0 Å². The van der Waals surface area contributed by atoms with E-state index >= 15 is 0 Å². The highest BCUT2D eigenvalue weighted by Gasteiger charge is 2.25. The SMILES string of the molecule is O=C(Nc1cc(Cl)ccc1O)C1CCn2cncc2C1. The Balaban J connectivity index is 1.73. The van der Waals surface area contributed by atoms with E-state index in [1.54, 1.807) is 24.7 Å². The Morgan fingerprint density at radius 2 is 2.35 bits per heavy atom. The van der Waals surface area contributed by atoms with Crippen LogP contribution in [0.15, 0.2) is 30.7 Å². The Hall–Kier alpha value is -2.01. The van der Waals surface area contributed by atoms with Gasteiger partial charge in [-0.15, -0.1) is 0 Å². The summed E-state index contributed by atoms with van der Waals surface area (Å²) in [5.74, 6) is -0.198. The summed E-state index contributed by atoms with van der Waals surface area (Å²) in [5, 5.41) is 12.9. The maximum atomic E-state index is 12.3. The quantitative estimate of drug-likeness (QED) is 0.835. The molecule has 3 rings (SSSR count). The van der Waals surface area contributed by atoms with Gasteiger partial charge in [-0.1, -0.05) is 11.6 Å². The second kappa shape index (κ2) is 5.17. The molecule has 1 aliphatic rings. The van der Waals surface area contributed by atoms with Crippen LogP contribution in [-0.2, 0) is 17.8 Å². The third kappa shape index (κ3) is 2.49. The molecule has 1 aromatic heterocycles. The van der Waals surface area contributed by atoms with Crippen molar-refractivity contribution < 1.29 is 9.90 Å². The van der Waals surface area contributed by atoms with E-state index < -0.39 is 0 Å². The van der Waals surface area contributed by atoms with Crippen LogP contribution in [0.25, 0.3) is 0 Å². The summed E-state index contributed by atoms with van der Waals surface area (Å²) < 4.78 is 2.06. The third-order valence-electron chi connectivity index (χ3n) is 3.56. The van der Waals surface area contributed by atoms with Gasteiger partial charge in [0.15, 0.2) is 0 Å². The van der Waals surface area contributed by atoms with Gasteiger partial charge < -0.3 is 15.0 Å². The largest absolute Gasteiger partial charge is 0.506 e. The van der Waals surface area contributed by atoms with E-state index in [0.29, 0.717) is 17.1 Å². The summed E-state index contributed by atoms with van der Waals surface area (Å²) in [6.45, 7) is 0.787. The molecule has 2 N–H and O–H groups in total. The smallest absolute Gasteiger partial charge is 0.228 e. The fourth-order valence-electron chi connectivity index (χ4n) is 2.44. The number of hydrogen-bond donors (Lipinski definition) is 2. The van der Waals surface area contributed by atoms with Crippen molar-refractivity contribution in [3.63, 3.8) is 0 Å². The van der Waals surface area contributed by atoms with Crippen molar-refractivity contribution in [2.45, 2.75) is 19.4 Å². The van der Waals surface area contributed by atoms with Crippen molar-refractivity contribution in [3.8, 4) is 5.75 Å². The minimum Gasteiger partial charge on any atom is -0.506 e. The minimum absolute atomic E-state index is 0.0172. The van der Waals surface area contributed by atoms with Gasteiger partial charge in [0, 0.05) is 35.8 Å². The lowest BCUT2D eigenvalue weighted by Gasteiger charge is -2.23. The average molecular weight is 292 g/mol. The molecule has 0 fully saturated rings. The maximum Gasteiger partial charge on any atom is 0.228 e. The van der Waals surface area contributed by atoms with Crippen molar-refractivity contribution in [1.29, 1.82) is 0 Å². The molecule has 20 heavy (non-hydrogen) atoms. The highest BCUT2D eigenvalue weighted by molar-refractivity contribution is 6.31. The second-order valence-corrected chi connectivity index (χ2v) is 5.36. The van der Waals surface area contributed by atoms with Crippen molar-refractivity contribution in [1.82, 2.24) is 9.55 Å². The predicted octanol–water partition coefficient (Wildman–Crippen LogP) is 2.44. The van der Waals surface area contributed by atoms with Crippen molar-refractivity contribution in [2.24, 2.45) is 5.92 Å². The molecule has 0 spiro atoms. The Labute approximate surface area is 121 Å². The first-order valence-electron chi connectivity index (χ1n) is 6.42. The van der Waals surface area contributed by atoms with Crippen molar-refractivity contribution in [2.75, 3.05) is 5.32 Å². The number of fused-ring (bicyclic) bond motifs is 1. The van der Waals surface area contributed by atoms with Gasteiger partial charge in [-0.25, -0.2) is 4.98 Å². The van der Waals surface area contributed by atoms with Crippen LogP contribution in [0.1, 0.15) is 12.1 Å². The second-order valence-electron chi connectivity index (χ2n) is 4.92. The van der Waals surface area contributed by atoms with Crippen LogP contribution in [0.4, 0.5) is 5.69 Å². The van der Waals surface area contributed by atoms with E-state index in [1.165, 1.54) is 6.07 Å². The van der Waals surface area contributed by atoms with E-state index in [4.69, 9.17) is 11.6 Å². The molecule has 0 aliphatic carbocycles. The first-order chi connectivity index (χ1) is 9.63. The molecular weight excluding hydrogens is 278 g/mol. The summed E-state index contributed by atoms with van der Waals surface area (Å²) in [5.41, 5.74) is 1.41. The number of imidazole rings is 1. The molecule has 1 atom stereocenters. The molecule has 5 nitrogen and oxygen atoms in total. The highest BCUT2D eigenvalue weighted by atomic mass is 35.5. The number of carbonyl (C=O) groups excluding carboxylic acids is 1. The molecule has 104 valence electrons. The number of nitrogens with one attached hydrogen (secondary N) is 1. The van der Waals surface area contributed by atoms with E-state index in [-0.39, 0.29) is 17.6 Å². The van der Waals surface area contributed by atoms with Crippen LogP contribution < -0.4 is 5.32 Å². The number of benzene rings is 1. The molecule has 1 aromatic carbocycles. The number of carbonyl (C=O) groups is 1. The zero-order valence-electron chi connectivity index (χ0n) is 10.7. The monoisotopic (exact) mass is 291 g/mol. The molecule has 0 bridgehead atoms. The topological polar surface area (TPSA) is 67.2 Å². The zero-order valence-corrected chi connectivity index (χ0v) is 11.5. The number of rotatable bonds is 2. The Bertz CT molecular complexity index is 654. The lowest BCUT2D eigenvalue weighted by molar-refractivity contribution is -0.120. The standard InChI is InChI=1S/C14H14ClN3O2/c15-10-1-2-13(19)12(6-10)17-14(20)9-3-4-18-8-16-7-11(18)5-9/h1-2,6-9,19H,3-5H2,(H,17,20). The lowest BCUT2D eigenvalue weighted by Crippen LogP contribution is -2.29. The van der Waals surface area contributed by atoms with Crippen LogP contribution in [0.2, 0.25) is 5.02 Å². The molecule has 2 aromatic rings. The van der Waals surface area contributed by atoms with Gasteiger partial charge >= 0.3 is 0 Å². The molecule has 6 heteroatoms. The first-order valence-corrected chi connectivity index (χ1v) is 6.79. The predicted molar refractivity (Wildman–Crippen MR) is 75.8 cm³/mol. The first kappa shape index (κ1) is 13.0. The summed E-state index contributed by atoms with van der Waals surface area (Å²) >= 11 is 5.86. The summed E-state index contributed by atoms with van der Waals surface area (Å²) in [6, 6.07) is 4.58. The number of aromatic nitrogens is 2. The number of nitrogens with zero attached hydrogens (tertiary/aromatic N) is 2. The van der Waals surface area contributed by atoms with Crippen LogP contribution in [0.5, 0.6) is 5.75 Å². The van der Waals surface area contributed by atoms with Gasteiger partial charge in [-0.3, -0.25) is 4.79 Å². The van der Waals surface area contributed by atoms with E-state index in [9.17, 15) is 9.90 Å². The molecular formula is C14H14ClN3O2. The van der Waals surface area contributed by atoms with Gasteiger partial charge in [0.1, 0.15) is 5.75 Å². The van der Waals surface area contributed by atoms with Gasteiger partial charge in [-0.2, -0.15) is 0 Å². The number of halogens is 1. The lowest BCUT2D eigenvalue weighted by atomic mass is 9.95. The molecule has 0 radical (unpaired) electrons. The number of phenols is 1. The number of anilines is 1. The number of aryl methyl sites for hydroxylation is 1. The normalized spacial score (nSPS) is 17.6. The number of aromatic hydroxyl groups is 1. The fraction of sp³-hybridized carbons (Fsp3) is 0.286. The molecule has 1 amide bonds. The van der Waals surface area contributed by atoms with Crippen LogP contribution >= 0.6 is 11.6 Å². The van der Waals surface area contributed by atoms with E-state index in [2.05, 4.69) is 14.9 Å². The minimum atomic E-state index is -0.113. The van der Waals surface area contributed by atoms with Gasteiger partial charge in [0.25, 0.3) is 0 Å². The Morgan fingerprint density at radius 3 is 3.20 bits per heavy atom. The molecule has 1 aliphatic heterocycles. The summed E-state index contributed by atoms with van der Waals surface area (Å²) in [4.78, 5) is 16.3. The summed E-state index contributed by atoms with van der Waals surface area (Å²) in [7, 11) is 0. The molecule has 0 saturated carbocycles. The molecule has 2 heterocycles. The van der Waals surface area contributed by atoms with Gasteiger partial charge in [-0.05, 0) is 24.6 Å². The zero-order chi connectivity index (χ0) is 14.1. The Kier molecular flexibility index (Phi) is 3.36. The van der Waals surface area contributed by atoms with Crippen molar-refractivity contribution >= 4 is 23.2 Å². The average Bonchev–Trinajstić information content (AvgIpc) is 2.90. The highest BCUT2D eigenvalue weighted by Crippen LogP contribution is 2.28. The summed E-state index contributed by atoms with van der Waals surface area (Å²) in [6.07, 6.45) is 4.99. The maximum absolute atomic E-state index is 12.3. The van der Waals surface area contributed by atoms with Crippen molar-refractivity contribution in [3.05, 3.63) is 41.4 Å². The van der Waals surface area contributed by atoms with Gasteiger partial charge in [0.2, 0.25) is 5.91 Å². The number of hydrogen-bond acceptors (Lipinski definition) is 3. The Morgan fingerprint density at radius 1 is 1.50 bits per heavy atom. The van der Waals surface area contributed by atoms with Crippen LogP contribution in [0.3, 0.4) is 0 Å². The van der Waals surface area contributed by atoms with E-state index in [0.717, 1.165) is 18.7 Å². The molecule has 0 saturated heterocycles. The molecule has 1 unspecified atom stereocenters. The van der Waals surface area contributed by atoms with Gasteiger partial charge in [0.05, 0.1) is 12.0 Å². The number of phenolic OH excluding ortho intramolecular Hbond substituents is 1. The van der Waals surface area contributed by atoms with Crippen LogP contribution in [0, 0.1) is 5.92 Å². The van der Waals surface area contributed by atoms with Crippen LogP contribution in [-0.4, -0.2) is 20.6 Å². The fourth-order valence-corrected chi connectivity index (χ4v) is 2.61. The number of amides is 1.